The topological polar surface area (TPSA) is 64.9 Å². The molecule has 0 aliphatic heterocycles. The number of nitrogens with zero attached hydrogens (tertiary/aromatic N) is 1. The second-order valence-corrected chi connectivity index (χ2v) is 6.18. The lowest BCUT2D eigenvalue weighted by Gasteiger charge is -2.07. The van der Waals surface area contributed by atoms with Crippen molar-refractivity contribution in [2.45, 2.75) is 20.3 Å². The van der Waals surface area contributed by atoms with E-state index in [0.29, 0.717) is 17.3 Å². The summed E-state index contributed by atoms with van der Waals surface area (Å²) < 4.78 is 0. The molecule has 2 aromatic rings. The Labute approximate surface area is 153 Å². The predicted molar refractivity (Wildman–Crippen MR) is 101 cm³/mol. The molecule has 0 aliphatic rings. The number of nitriles is 1. The highest BCUT2D eigenvalue weighted by molar-refractivity contribution is 6.31. The van der Waals surface area contributed by atoms with Crippen LogP contribution in [0.25, 0.3) is 0 Å². The molecule has 0 saturated heterocycles. The van der Waals surface area contributed by atoms with Crippen LogP contribution in [-0.2, 0) is 11.2 Å². The first-order valence-corrected chi connectivity index (χ1v) is 8.34. The van der Waals surface area contributed by atoms with E-state index in [1.807, 2.05) is 26.0 Å². The quantitative estimate of drug-likeness (QED) is 0.466. The number of amides is 1. The maximum absolute atomic E-state index is 12.2. The van der Waals surface area contributed by atoms with Gasteiger partial charge in [-0.1, -0.05) is 47.5 Å². The summed E-state index contributed by atoms with van der Waals surface area (Å²) in [5.74, 6) is -0.467. The van der Waals surface area contributed by atoms with Crippen LogP contribution in [0.15, 0.2) is 54.2 Å². The Morgan fingerprint density at radius 1 is 1.20 bits per heavy atom. The number of rotatable bonds is 6. The number of hydrogen-bond donors (Lipinski definition) is 2. The van der Waals surface area contributed by atoms with Crippen molar-refractivity contribution in [3.63, 3.8) is 0 Å². The van der Waals surface area contributed by atoms with Gasteiger partial charge < -0.3 is 10.6 Å². The lowest BCUT2D eigenvalue weighted by Crippen LogP contribution is -2.18. The third kappa shape index (κ3) is 5.66. The lowest BCUT2D eigenvalue weighted by atomic mass is 10.1. The van der Waals surface area contributed by atoms with Crippen LogP contribution in [0.5, 0.6) is 0 Å². The molecule has 0 saturated carbocycles. The minimum absolute atomic E-state index is 0.0144. The van der Waals surface area contributed by atoms with Crippen LogP contribution in [-0.4, -0.2) is 12.5 Å². The number of carbonyl (C=O) groups is 1. The highest BCUT2D eigenvalue weighted by Crippen LogP contribution is 2.20. The van der Waals surface area contributed by atoms with Crippen molar-refractivity contribution in [2.75, 3.05) is 11.9 Å². The van der Waals surface area contributed by atoms with Gasteiger partial charge in [-0.05, 0) is 43.5 Å². The van der Waals surface area contributed by atoms with E-state index in [-0.39, 0.29) is 5.57 Å². The molecule has 2 N–H and O–H groups in total. The zero-order valence-corrected chi connectivity index (χ0v) is 15.0. The second kappa shape index (κ2) is 8.91. The van der Waals surface area contributed by atoms with Gasteiger partial charge in [0, 0.05) is 23.5 Å². The molecule has 0 radical (unpaired) electrons. The van der Waals surface area contributed by atoms with Gasteiger partial charge in [0.05, 0.1) is 0 Å². The molecule has 128 valence electrons. The van der Waals surface area contributed by atoms with Crippen LogP contribution in [0.4, 0.5) is 5.69 Å². The summed E-state index contributed by atoms with van der Waals surface area (Å²) in [7, 11) is 0. The van der Waals surface area contributed by atoms with Crippen LogP contribution in [0.3, 0.4) is 0 Å². The summed E-state index contributed by atoms with van der Waals surface area (Å²) in [5.41, 5.74) is 3.91. The van der Waals surface area contributed by atoms with Crippen LogP contribution < -0.4 is 10.6 Å². The molecule has 0 unspecified atom stereocenters. The van der Waals surface area contributed by atoms with Crippen LogP contribution in [0.1, 0.15) is 16.7 Å². The van der Waals surface area contributed by atoms with E-state index in [4.69, 9.17) is 11.6 Å². The van der Waals surface area contributed by atoms with Crippen molar-refractivity contribution in [2.24, 2.45) is 0 Å². The number of halogens is 1. The largest absolute Gasteiger partial charge is 0.389 e. The van der Waals surface area contributed by atoms with Crippen molar-refractivity contribution < 1.29 is 4.79 Å². The van der Waals surface area contributed by atoms with Crippen molar-refractivity contribution >= 4 is 23.2 Å². The van der Waals surface area contributed by atoms with Crippen molar-refractivity contribution in [3.8, 4) is 6.07 Å². The molecule has 0 atom stereocenters. The SMILES string of the molecule is Cc1ccc(CCN/C=C(/C#N)C(=O)Nc2ccc(C)c(Cl)c2)cc1. The summed E-state index contributed by atoms with van der Waals surface area (Å²) in [6.45, 7) is 4.56. The van der Waals surface area contributed by atoms with Gasteiger partial charge in [0.25, 0.3) is 5.91 Å². The van der Waals surface area contributed by atoms with Crippen molar-refractivity contribution in [3.05, 3.63) is 76.0 Å². The number of hydrogen-bond acceptors (Lipinski definition) is 3. The smallest absolute Gasteiger partial charge is 0.267 e. The third-order valence-electron chi connectivity index (χ3n) is 3.72. The molecule has 4 nitrogen and oxygen atoms in total. The molecule has 0 fully saturated rings. The van der Waals surface area contributed by atoms with E-state index in [0.717, 1.165) is 12.0 Å². The molecule has 0 heterocycles. The number of nitrogens with one attached hydrogen (secondary N) is 2. The Hall–Kier alpha value is -2.77. The van der Waals surface area contributed by atoms with E-state index in [9.17, 15) is 10.1 Å². The summed E-state index contributed by atoms with van der Waals surface area (Å²) in [5, 5.41) is 15.4. The molecule has 2 aromatic carbocycles. The number of aryl methyl sites for hydroxylation is 2. The molecule has 0 aromatic heterocycles. The number of anilines is 1. The van der Waals surface area contributed by atoms with Gasteiger partial charge in [-0.15, -0.1) is 0 Å². The zero-order chi connectivity index (χ0) is 18.2. The Balaban J connectivity index is 1.90. The maximum atomic E-state index is 12.2. The van der Waals surface area contributed by atoms with Gasteiger partial charge in [-0.3, -0.25) is 4.79 Å². The standard InChI is InChI=1S/C20H20ClN3O/c1-14-3-6-16(7-4-14)9-10-23-13-17(12-22)20(25)24-18-8-5-15(2)19(21)11-18/h3-8,11,13,23H,9-10H2,1-2H3,(H,24,25)/b17-13-. The summed E-state index contributed by atoms with van der Waals surface area (Å²) in [6, 6.07) is 15.4. The van der Waals surface area contributed by atoms with Gasteiger partial charge >= 0.3 is 0 Å². The van der Waals surface area contributed by atoms with E-state index >= 15 is 0 Å². The minimum Gasteiger partial charge on any atom is -0.389 e. The molecule has 25 heavy (non-hydrogen) atoms. The third-order valence-corrected chi connectivity index (χ3v) is 4.13. The van der Waals surface area contributed by atoms with E-state index in [2.05, 4.69) is 34.9 Å². The zero-order valence-electron chi connectivity index (χ0n) is 14.3. The Kier molecular flexibility index (Phi) is 6.62. The van der Waals surface area contributed by atoms with E-state index in [1.165, 1.54) is 17.3 Å². The summed E-state index contributed by atoms with van der Waals surface area (Å²) in [6.07, 6.45) is 2.25. The monoisotopic (exact) mass is 353 g/mol. The predicted octanol–water partition coefficient (Wildman–Crippen LogP) is 4.14. The van der Waals surface area contributed by atoms with Gasteiger partial charge in [-0.2, -0.15) is 5.26 Å². The lowest BCUT2D eigenvalue weighted by molar-refractivity contribution is -0.112. The first-order chi connectivity index (χ1) is 12.0. The molecular formula is C20H20ClN3O. The Morgan fingerprint density at radius 3 is 2.56 bits per heavy atom. The first kappa shape index (κ1) is 18.6. The second-order valence-electron chi connectivity index (χ2n) is 5.78. The molecule has 2 rings (SSSR count). The molecular weight excluding hydrogens is 334 g/mol. The molecule has 0 bridgehead atoms. The minimum atomic E-state index is -0.467. The Bertz CT molecular complexity index is 820. The number of benzene rings is 2. The van der Waals surface area contributed by atoms with Gasteiger partial charge in [0.2, 0.25) is 0 Å². The van der Waals surface area contributed by atoms with Gasteiger partial charge in [0.15, 0.2) is 0 Å². The van der Waals surface area contributed by atoms with Crippen LogP contribution in [0, 0.1) is 25.2 Å². The summed E-state index contributed by atoms with van der Waals surface area (Å²) >= 11 is 6.04. The van der Waals surface area contributed by atoms with Crippen LogP contribution >= 0.6 is 11.6 Å². The van der Waals surface area contributed by atoms with Gasteiger partial charge in [0.1, 0.15) is 11.6 Å². The fourth-order valence-electron chi connectivity index (χ4n) is 2.16. The van der Waals surface area contributed by atoms with Gasteiger partial charge in [-0.25, -0.2) is 0 Å². The molecule has 5 heteroatoms. The molecule has 1 amide bonds. The van der Waals surface area contributed by atoms with E-state index in [1.54, 1.807) is 12.1 Å². The molecule has 0 spiro atoms. The average molecular weight is 354 g/mol. The molecule has 0 aliphatic carbocycles. The normalized spacial score (nSPS) is 10.9. The maximum Gasteiger partial charge on any atom is 0.267 e. The summed E-state index contributed by atoms with van der Waals surface area (Å²) in [4.78, 5) is 12.2. The highest BCUT2D eigenvalue weighted by Gasteiger charge is 2.09. The van der Waals surface area contributed by atoms with E-state index < -0.39 is 5.91 Å². The fraction of sp³-hybridized carbons (Fsp3) is 0.200. The average Bonchev–Trinajstić information content (AvgIpc) is 2.59. The highest BCUT2D eigenvalue weighted by atomic mass is 35.5. The van der Waals surface area contributed by atoms with Crippen molar-refractivity contribution in [1.82, 2.24) is 5.32 Å². The van der Waals surface area contributed by atoms with Crippen LogP contribution in [0.2, 0.25) is 5.02 Å². The number of carbonyl (C=O) groups excluding carboxylic acids is 1. The first-order valence-electron chi connectivity index (χ1n) is 7.96. The fourth-order valence-corrected chi connectivity index (χ4v) is 2.34. The Morgan fingerprint density at radius 2 is 1.92 bits per heavy atom. The van der Waals surface area contributed by atoms with Crippen molar-refractivity contribution in [1.29, 1.82) is 5.26 Å².